The van der Waals surface area contributed by atoms with Crippen molar-refractivity contribution in [1.82, 2.24) is 0 Å². The van der Waals surface area contributed by atoms with Crippen LogP contribution in [0.15, 0.2) is 5.18 Å². The van der Waals surface area contributed by atoms with E-state index in [1.165, 1.54) is 57.8 Å². The Morgan fingerprint density at radius 1 is 0.867 bits per heavy atom. The lowest BCUT2D eigenvalue weighted by atomic mass is 9.96. The summed E-state index contributed by atoms with van der Waals surface area (Å²) >= 11 is 0. The molecule has 0 aliphatic carbocycles. The monoisotopic (exact) mass is 213 g/mol. The first-order valence-corrected chi connectivity index (χ1v) is 6.64. The minimum Gasteiger partial charge on any atom is -0.151 e. The minimum absolute atomic E-state index is 0.531. The van der Waals surface area contributed by atoms with E-state index >= 15 is 0 Å². The topological polar surface area (TPSA) is 29.4 Å². The zero-order valence-electron chi connectivity index (χ0n) is 10.5. The van der Waals surface area contributed by atoms with E-state index in [0.717, 1.165) is 0 Å². The molecular weight excluding hydrogens is 186 g/mol. The van der Waals surface area contributed by atoms with Gasteiger partial charge in [0.2, 0.25) is 0 Å². The van der Waals surface area contributed by atoms with E-state index in [0.29, 0.717) is 12.5 Å². The van der Waals surface area contributed by atoms with Gasteiger partial charge in [-0.1, -0.05) is 64.0 Å². The fourth-order valence-corrected chi connectivity index (χ4v) is 2.05. The third-order valence-corrected chi connectivity index (χ3v) is 3.00. The van der Waals surface area contributed by atoms with Crippen molar-refractivity contribution in [3.63, 3.8) is 0 Å². The number of nitrogens with zero attached hydrogens (tertiary/aromatic N) is 1. The van der Waals surface area contributed by atoms with E-state index in [4.69, 9.17) is 0 Å². The summed E-state index contributed by atoms with van der Waals surface area (Å²) in [5.74, 6) is 0.554. The third kappa shape index (κ3) is 9.89. The maximum atomic E-state index is 10.2. The van der Waals surface area contributed by atoms with Crippen LogP contribution in [-0.4, -0.2) is 6.54 Å². The highest BCUT2D eigenvalue weighted by atomic mass is 16.3. The van der Waals surface area contributed by atoms with Crippen molar-refractivity contribution in [2.24, 2.45) is 11.1 Å². The van der Waals surface area contributed by atoms with E-state index in [-0.39, 0.29) is 0 Å². The summed E-state index contributed by atoms with van der Waals surface area (Å²) in [4.78, 5) is 10.2. The lowest BCUT2D eigenvalue weighted by molar-refractivity contribution is 0.428. The molecular formula is C13H27NO. The molecule has 0 rings (SSSR count). The molecule has 0 aromatic carbocycles. The van der Waals surface area contributed by atoms with Crippen LogP contribution in [-0.2, 0) is 0 Å². The standard InChI is InChI=1S/C13H27NO/c1-3-5-6-7-8-9-11-13(10-4-2)12-14-15/h13H,3-12H2,1-2H3. The average Bonchev–Trinajstić information content (AvgIpc) is 2.24. The van der Waals surface area contributed by atoms with Gasteiger partial charge in [-0.2, -0.15) is 4.91 Å². The maximum absolute atomic E-state index is 10.2. The molecule has 0 aliphatic heterocycles. The molecule has 1 unspecified atom stereocenters. The van der Waals surface area contributed by atoms with E-state index in [1.54, 1.807) is 0 Å². The molecule has 0 aromatic rings. The summed E-state index contributed by atoms with van der Waals surface area (Å²) < 4.78 is 0. The van der Waals surface area contributed by atoms with Gasteiger partial charge in [0.25, 0.3) is 0 Å². The predicted molar refractivity (Wildman–Crippen MR) is 67.1 cm³/mol. The van der Waals surface area contributed by atoms with Crippen molar-refractivity contribution in [2.45, 2.75) is 71.6 Å². The van der Waals surface area contributed by atoms with Gasteiger partial charge >= 0.3 is 0 Å². The molecule has 0 amide bonds. The highest BCUT2D eigenvalue weighted by Gasteiger charge is 2.06. The fourth-order valence-electron chi connectivity index (χ4n) is 2.05. The second kappa shape index (κ2) is 11.7. The summed E-state index contributed by atoms with van der Waals surface area (Å²) in [5, 5.41) is 3.03. The molecule has 0 bridgehead atoms. The molecule has 0 saturated heterocycles. The molecule has 2 heteroatoms. The van der Waals surface area contributed by atoms with E-state index in [1.807, 2.05) is 0 Å². The fraction of sp³-hybridized carbons (Fsp3) is 1.00. The van der Waals surface area contributed by atoms with Crippen LogP contribution >= 0.6 is 0 Å². The smallest absolute Gasteiger partial charge is 0.0839 e. The van der Waals surface area contributed by atoms with Crippen LogP contribution < -0.4 is 0 Å². The Labute approximate surface area is 94.8 Å². The molecule has 0 aromatic heterocycles. The van der Waals surface area contributed by atoms with Crippen LogP contribution in [0.1, 0.15) is 71.6 Å². The van der Waals surface area contributed by atoms with E-state index in [2.05, 4.69) is 19.0 Å². The molecule has 0 fully saturated rings. The molecule has 0 heterocycles. The third-order valence-electron chi connectivity index (χ3n) is 3.00. The van der Waals surface area contributed by atoms with Crippen LogP contribution in [0.25, 0.3) is 0 Å². The average molecular weight is 213 g/mol. The highest BCUT2D eigenvalue weighted by molar-refractivity contribution is 4.61. The van der Waals surface area contributed by atoms with Gasteiger partial charge in [0, 0.05) is 0 Å². The number of nitroso groups, excluding NO2 is 1. The Morgan fingerprint density at radius 2 is 1.53 bits per heavy atom. The van der Waals surface area contributed by atoms with Gasteiger partial charge in [-0.3, -0.25) is 0 Å². The SMILES string of the molecule is CCCCCCCCC(CCC)CN=O. The lowest BCUT2D eigenvalue weighted by Gasteiger charge is -2.11. The molecule has 0 N–H and O–H groups in total. The van der Waals surface area contributed by atoms with Gasteiger partial charge in [-0.05, 0) is 18.8 Å². The number of unbranched alkanes of at least 4 members (excludes halogenated alkanes) is 5. The first-order valence-electron chi connectivity index (χ1n) is 6.64. The first kappa shape index (κ1) is 14.6. The Balaban J connectivity index is 3.32. The second-order valence-corrected chi connectivity index (χ2v) is 4.52. The van der Waals surface area contributed by atoms with Crippen LogP contribution in [0.2, 0.25) is 0 Å². The van der Waals surface area contributed by atoms with Crippen LogP contribution in [0, 0.1) is 10.8 Å². The van der Waals surface area contributed by atoms with Crippen molar-refractivity contribution < 1.29 is 0 Å². The normalized spacial score (nSPS) is 12.7. The van der Waals surface area contributed by atoms with Crippen molar-refractivity contribution >= 4 is 0 Å². The van der Waals surface area contributed by atoms with Crippen molar-refractivity contribution in [1.29, 1.82) is 0 Å². The van der Waals surface area contributed by atoms with Crippen LogP contribution in [0.3, 0.4) is 0 Å². The van der Waals surface area contributed by atoms with Gasteiger partial charge in [0.1, 0.15) is 0 Å². The number of hydrogen-bond donors (Lipinski definition) is 0. The summed E-state index contributed by atoms with van der Waals surface area (Å²) in [5.41, 5.74) is 0. The molecule has 1 atom stereocenters. The number of rotatable bonds is 11. The molecule has 2 nitrogen and oxygen atoms in total. The highest BCUT2D eigenvalue weighted by Crippen LogP contribution is 2.17. The van der Waals surface area contributed by atoms with E-state index in [9.17, 15) is 4.91 Å². The minimum atomic E-state index is 0.531. The van der Waals surface area contributed by atoms with Crippen LogP contribution in [0.4, 0.5) is 0 Å². The number of hydrogen-bond acceptors (Lipinski definition) is 2. The Hall–Kier alpha value is -0.400. The largest absolute Gasteiger partial charge is 0.151 e. The summed E-state index contributed by atoms with van der Waals surface area (Å²) in [6.07, 6.45) is 11.6. The Morgan fingerprint density at radius 3 is 2.13 bits per heavy atom. The van der Waals surface area contributed by atoms with Gasteiger partial charge in [0.05, 0.1) is 6.54 Å². The zero-order chi connectivity index (χ0) is 11.4. The predicted octanol–water partition coefficient (Wildman–Crippen LogP) is 4.92. The van der Waals surface area contributed by atoms with Crippen LogP contribution in [0.5, 0.6) is 0 Å². The van der Waals surface area contributed by atoms with Crippen molar-refractivity contribution in [2.75, 3.05) is 6.54 Å². The van der Waals surface area contributed by atoms with Gasteiger partial charge < -0.3 is 0 Å². The molecule has 0 spiro atoms. The first-order chi connectivity index (χ1) is 7.35. The Kier molecular flexibility index (Phi) is 11.4. The quantitative estimate of drug-likeness (QED) is 0.354. The molecule has 0 radical (unpaired) electrons. The van der Waals surface area contributed by atoms with Crippen molar-refractivity contribution in [3.8, 4) is 0 Å². The zero-order valence-corrected chi connectivity index (χ0v) is 10.5. The van der Waals surface area contributed by atoms with E-state index < -0.39 is 0 Å². The summed E-state index contributed by atoms with van der Waals surface area (Å²) in [6.45, 7) is 4.95. The Bertz CT molecular complexity index is 136. The van der Waals surface area contributed by atoms with Gasteiger partial charge in [-0.25, -0.2) is 0 Å². The lowest BCUT2D eigenvalue weighted by Crippen LogP contribution is -2.03. The molecule has 0 saturated carbocycles. The summed E-state index contributed by atoms with van der Waals surface area (Å²) in [6, 6.07) is 0. The summed E-state index contributed by atoms with van der Waals surface area (Å²) in [7, 11) is 0. The molecule has 90 valence electrons. The molecule has 0 aliphatic rings. The van der Waals surface area contributed by atoms with Gasteiger partial charge in [0.15, 0.2) is 0 Å². The second-order valence-electron chi connectivity index (χ2n) is 4.52. The maximum Gasteiger partial charge on any atom is 0.0839 e. The molecule has 15 heavy (non-hydrogen) atoms. The van der Waals surface area contributed by atoms with Crippen molar-refractivity contribution in [3.05, 3.63) is 4.91 Å². The van der Waals surface area contributed by atoms with Gasteiger partial charge in [-0.15, -0.1) is 0 Å².